The summed E-state index contributed by atoms with van der Waals surface area (Å²) in [6.07, 6.45) is 3.46. The van der Waals surface area contributed by atoms with Gasteiger partial charge in [-0.05, 0) is 43.2 Å². The predicted octanol–water partition coefficient (Wildman–Crippen LogP) is 6.49. The molecule has 29 heavy (non-hydrogen) atoms. The predicted molar refractivity (Wildman–Crippen MR) is 118 cm³/mol. The fourth-order valence-electron chi connectivity index (χ4n) is 3.41. The highest BCUT2D eigenvalue weighted by molar-refractivity contribution is 6.31. The zero-order valence-electron chi connectivity index (χ0n) is 16.6. The third-order valence-electron chi connectivity index (χ3n) is 4.78. The fraction of sp³-hybridized carbons (Fsp3) is 0.304. The maximum Gasteiger partial charge on any atom is 0.293 e. The summed E-state index contributed by atoms with van der Waals surface area (Å²) in [7, 11) is 0. The number of nitrogens with one attached hydrogen (secondary N) is 2. The van der Waals surface area contributed by atoms with Crippen molar-refractivity contribution >= 4 is 45.8 Å². The highest BCUT2D eigenvalue weighted by Gasteiger charge is 2.25. The second-order valence-electron chi connectivity index (χ2n) is 7.03. The lowest BCUT2D eigenvalue weighted by Crippen LogP contribution is -2.24. The number of anilines is 2. The molecule has 0 saturated heterocycles. The van der Waals surface area contributed by atoms with Gasteiger partial charge in [-0.15, -0.1) is 0 Å². The van der Waals surface area contributed by atoms with E-state index in [-0.39, 0.29) is 17.6 Å². The molecule has 3 aromatic rings. The molecule has 0 aliphatic heterocycles. The summed E-state index contributed by atoms with van der Waals surface area (Å²) < 4.78 is 5.80. The number of fused-ring (bicyclic) bond motifs is 1. The largest absolute Gasteiger partial charge is 0.449 e. The highest BCUT2D eigenvalue weighted by Crippen LogP contribution is 2.32. The number of hydrogen-bond acceptors (Lipinski definition) is 3. The number of carbonyl (C=O) groups excluding carboxylic acids is 2. The Labute approximate surface area is 175 Å². The number of halogens is 1. The van der Waals surface area contributed by atoms with E-state index in [1.807, 2.05) is 18.2 Å². The first-order valence-electron chi connectivity index (χ1n) is 9.92. The molecule has 0 aliphatic carbocycles. The second kappa shape index (κ2) is 9.61. The van der Waals surface area contributed by atoms with Gasteiger partial charge in [0.15, 0.2) is 0 Å². The van der Waals surface area contributed by atoms with Gasteiger partial charge in [-0.25, -0.2) is 0 Å². The molecule has 0 spiro atoms. The zero-order chi connectivity index (χ0) is 20.8. The molecule has 152 valence electrons. The molecule has 0 atom stereocenters. The van der Waals surface area contributed by atoms with E-state index in [1.54, 1.807) is 30.3 Å². The number of carbonyl (C=O) groups is 2. The average Bonchev–Trinajstić information content (AvgIpc) is 3.06. The van der Waals surface area contributed by atoms with Crippen LogP contribution in [0.3, 0.4) is 0 Å². The lowest BCUT2D eigenvalue weighted by atomic mass is 9.97. The average molecular weight is 413 g/mol. The molecule has 1 aromatic heterocycles. The van der Waals surface area contributed by atoms with Gasteiger partial charge in [-0.3, -0.25) is 9.59 Å². The first-order chi connectivity index (χ1) is 14.0. The number of rotatable bonds is 8. The van der Waals surface area contributed by atoms with E-state index in [0.29, 0.717) is 27.4 Å². The summed E-state index contributed by atoms with van der Waals surface area (Å²) in [6.45, 7) is 4.13. The van der Waals surface area contributed by atoms with Gasteiger partial charge in [-0.1, -0.05) is 56.5 Å². The first kappa shape index (κ1) is 20.9. The minimum absolute atomic E-state index is 0.0753. The SMILES string of the molecule is CCCC(CCC)C(=O)Nc1c(C(=O)Nc2cccc(Cl)c2)oc2ccccc12. The van der Waals surface area contributed by atoms with Crippen LogP contribution in [-0.2, 0) is 4.79 Å². The molecule has 0 saturated carbocycles. The van der Waals surface area contributed by atoms with Crippen molar-refractivity contribution in [2.75, 3.05) is 10.6 Å². The summed E-state index contributed by atoms with van der Waals surface area (Å²) in [5.74, 6) is -0.549. The molecule has 2 aromatic carbocycles. The van der Waals surface area contributed by atoms with E-state index >= 15 is 0 Å². The van der Waals surface area contributed by atoms with Gasteiger partial charge < -0.3 is 15.1 Å². The highest BCUT2D eigenvalue weighted by atomic mass is 35.5. The summed E-state index contributed by atoms with van der Waals surface area (Å²) in [5.41, 5.74) is 1.50. The van der Waals surface area contributed by atoms with Crippen LogP contribution in [0.4, 0.5) is 11.4 Å². The third-order valence-corrected chi connectivity index (χ3v) is 5.01. The molecular formula is C23H25ClN2O3. The Kier molecular flexibility index (Phi) is 6.94. The van der Waals surface area contributed by atoms with Gasteiger partial charge in [0.25, 0.3) is 5.91 Å². The van der Waals surface area contributed by atoms with E-state index in [0.717, 1.165) is 25.7 Å². The second-order valence-corrected chi connectivity index (χ2v) is 7.47. The summed E-state index contributed by atoms with van der Waals surface area (Å²) in [4.78, 5) is 25.8. The molecule has 1 heterocycles. The van der Waals surface area contributed by atoms with Gasteiger partial charge in [0.2, 0.25) is 11.7 Å². The molecule has 0 bridgehead atoms. The molecule has 5 nitrogen and oxygen atoms in total. The molecule has 0 radical (unpaired) electrons. The molecular weight excluding hydrogens is 388 g/mol. The van der Waals surface area contributed by atoms with Crippen molar-refractivity contribution in [1.29, 1.82) is 0 Å². The lowest BCUT2D eigenvalue weighted by Gasteiger charge is -2.15. The standard InChI is InChI=1S/C23H25ClN2O3/c1-3-8-15(9-4-2)22(27)26-20-18-12-5-6-13-19(18)29-21(20)23(28)25-17-11-7-10-16(24)14-17/h5-7,10-15H,3-4,8-9H2,1-2H3,(H,25,28)(H,26,27). The van der Waals surface area contributed by atoms with Crippen molar-refractivity contribution in [3.63, 3.8) is 0 Å². The molecule has 2 N–H and O–H groups in total. The zero-order valence-corrected chi connectivity index (χ0v) is 17.4. The van der Waals surface area contributed by atoms with Crippen molar-refractivity contribution in [3.05, 3.63) is 59.3 Å². The lowest BCUT2D eigenvalue weighted by molar-refractivity contribution is -0.120. The van der Waals surface area contributed by atoms with Crippen LogP contribution in [0, 0.1) is 5.92 Å². The molecule has 0 aliphatic rings. The van der Waals surface area contributed by atoms with Crippen LogP contribution in [0.2, 0.25) is 5.02 Å². The number of para-hydroxylation sites is 1. The molecule has 2 amide bonds. The Morgan fingerprint density at radius 2 is 1.72 bits per heavy atom. The number of amides is 2. The topological polar surface area (TPSA) is 71.3 Å². The van der Waals surface area contributed by atoms with Crippen LogP contribution >= 0.6 is 11.6 Å². The number of hydrogen-bond donors (Lipinski definition) is 2. The van der Waals surface area contributed by atoms with Gasteiger partial charge in [0.05, 0.1) is 0 Å². The Morgan fingerprint density at radius 1 is 1.00 bits per heavy atom. The van der Waals surface area contributed by atoms with E-state index in [4.69, 9.17) is 16.0 Å². The Balaban J connectivity index is 1.93. The molecule has 0 unspecified atom stereocenters. The van der Waals surface area contributed by atoms with E-state index in [9.17, 15) is 9.59 Å². The molecule has 0 fully saturated rings. The van der Waals surface area contributed by atoms with Gasteiger partial charge in [0, 0.05) is 22.0 Å². The fourth-order valence-corrected chi connectivity index (χ4v) is 3.60. The minimum Gasteiger partial charge on any atom is -0.449 e. The van der Waals surface area contributed by atoms with Crippen molar-refractivity contribution in [3.8, 4) is 0 Å². The monoisotopic (exact) mass is 412 g/mol. The van der Waals surface area contributed by atoms with Gasteiger partial charge in [-0.2, -0.15) is 0 Å². The molecule has 3 rings (SSSR count). The quantitative estimate of drug-likeness (QED) is 0.444. The summed E-state index contributed by atoms with van der Waals surface area (Å²) in [5, 5.41) is 6.96. The van der Waals surface area contributed by atoms with Crippen molar-refractivity contribution in [2.24, 2.45) is 5.92 Å². The van der Waals surface area contributed by atoms with Crippen LogP contribution < -0.4 is 10.6 Å². The van der Waals surface area contributed by atoms with E-state index in [2.05, 4.69) is 24.5 Å². The van der Waals surface area contributed by atoms with Crippen molar-refractivity contribution < 1.29 is 14.0 Å². The van der Waals surface area contributed by atoms with Gasteiger partial charge in [0.1, 0.15) is 11.3 Å². The van der Waals surface area contributed by atoms with Crippen LogP contribution in [0.25, 0.3) is 11.0 Å². The summed E-state index contributed by atoms with van der Waals surface area (Å²) in [6, 6.07) is 14.2. The third kappa shape index (κ3) is 4.98. The Hall–Kier alpha value is -2.79. The van der Waals surface area contributed by atoms with Crippen LogP contribution in [0.5, 0.6) is 0 Å². The number of benzene rings is 2. The van der Waals surface area contributed by atoms with Crippen LogP contribution in [0.1, 0.15) is 50.1 Å². The Morgan fingerprint density at radius 3 is 2.41 bits per heavy atom. The maximum absolute atomic E-state index is 12.9. The van der Waals surface area contributed by atoms with Crippen LogP contribution in [-0.4, -0.2) is 11.8 Å². The van der Waals surface area contributed by atoms with E-state index < -0.39 is 5.91 Å². The number of furan rings is 1. The maximum atomic E-state index is 12.9. The van der Waals surface area contributed by atoms with Crippen LogP contribution in [0.15, 0.2) is 52.9 Å². The normalized spacial score (nSPS) is 11.0. The van der Waals surface area contributed by atoms with Crippen molar-refractivity contribution in [1.82, 2.24) is 0 Å². The first-order valence-corrected chi connectivity index (χ1v) is 10.3. The van der Waals surface area contributed by atoms with E-state index in [1.165, 1.54) is 0 Å². The van der Waals surface area contributed by atoms with Gasteiger partial charge >= 0.3 is 0 Å². The minimum atomic E-state index is -0.443. The smallest absolute Gasteiger partial charge is 0.293 e. The van der Waals surface area contributed by atoms with Crippen molar-refractivity contribution in [2.45, 2.75) is 39.5 Å². The molecule has 6 heteroatoms. The summed E-state index contributed by atoms with van der Waals surface area (Å²) >= 11 is 6.00. The Bertz CT molecular complexity index is 1010.